The molecule has 0 saturated carbocycles. The normalized spacial score (nSPS) is 9.73. The summed E-state index contributed by atoms with van der Waals surface area (Å²) in [5.41, 5.74) is -0.0447. The van der Waals surface area contributed by atoms with Gasteiger partial charge in [-0.15, -0.1) is 0 Å². The monoisotopic (exact) mass is 212 g/mol. The average molecular weight is 212 g/mol. The number of rotatable bonds is 4. The molecular formula is C10H12O5. The van der Waals surface area contributed by atoms with Crippen LogP contribution in [0.4, 0.5) is 0 Å². The summed E-state index contributed by atoms with van der Waals surface area (Å²) in [5.74, 6) is -1.02. The summed E-state index contributed by atoms with van der Waals surface area (Å²) >= 11 is 0. The first-order chi connectivity index (χ1) is 7.10. The van der Waals surface area contributed by atoms with Crippen LogP contribution < -0.4 is 9.47 Å². The summed E-state index contributed by atoms with van der Waals surface area (Å²) in [6.45, 7) is 2.11. The van der Waals surface area contributed by atoms with Gasteiger partial charge in [0, 0.05) is 0 Å². The summed E-state index contributed by atoms with van der Waals surface area (Å²) < 4.78 is 10.0. The highest BCUT2D eigenvalue weighted by molar-refractivity contribution is 5.89. The van der Waals surface area contributed by atoms with Gasteiger partial charge in [-0.3, -0.25) is 0 Å². The molecule has 0 aliphatic heterocycles. The van der Waals surface area contributed by atoms with Crippen molar-refractivity contribution < 1.29 is 24.5 Å². The Hall–Kier alpha value is -1.91. The van der Waals surface area contributed by atoms with E-state index in [1.165, 1.54) is 13.2 Å². The molecule has 0 amide bonds. The molecule has 0 aromatic heterocycles. The minimum atomic E-state index is -1.13. The fourth-order valence-electron chi connectivity index (χ4n) is 1.18. The lowest BCUT2D eigenvalue weighted by molar-refractivity contribution is 0.0695. The number of aromatic carboxylic acids is 1. The standard InChI is InChI=1S/C10H12O5/c1-3-15-8-5-6(10(12)13)4-7(11)9(8)14-2/h4-5,11H,3H2,1-2H3,(H,12,13). The van der Waals surface area contributed by atoms with Crippen LogP contribution in [0.1, 0.15) is 17.3 Å². The van der Waals surface area contributed by atoms with Crippen molar-refractivity contribution in [2.75, 3.05) is 13.7 Å². The second-order valence-corrected chi connectivity index (χ2v) is 2.76. The number of phenolic OH excluding ortho intramolecular Hbond substituents is 1. The summed E-state index contributed by atoms with van der Waals surface area (Å²) in [4.78, 5) is 10.7. The Bertz CT molecular complexity index is 372. The molecule has 15 heavy (non-hydrogen) atoms. The first kappa shape index (κ1) is 11.2. The molecule has 0 saturated heterocycles. The van der Waals surface area contributed by atoms with E-state index in [0.29, 0.717) is 6.61 Å². The number of carboxylic acid groups (broad SMARTS) is 1. The highest BCUT2D eigenvalue weighted by Crippen LogP contribution is 2.37. The smallest absolute Gasteiger partial charge is 0.335 e. The number of phenols is 1. The maximum Gasteiger partial charge on any atom is 0.335 e. The third kappa shape index (κ3) is 2.31. The summed E-state index contributed by atoms with van der Waals surface area (Å²) in [6, 6.07) is 2.42. The summed E-state index contributed by atoms with van der Waals surface area (Å²) in [6.07, 6.45) is 0. The Balaban J connectivity index is 3.25. The van der Waals surface area contributed by atoms with Crippen LogP contribution in [0.25, 0.3) is 0 Å². The molecule has 0 aliphatic rings. The van der Waals surface area contributed by atoms with Crippen molar-refractivity contribution in [3.63, 3.8) is 0 Å². The highest BCUT2D eigenvalue weighted by atomic mass is 16.5. The van der Waals surface area contributed by atoms with E-state index < -0.39 is 5.97 Å². The van der Waals surface area contributed by atoms with E-state index in [2.05, 4.69) is 0 Å². The van der Waals surface area contributed by atoms with E-state index in [4.69, 9.17) is 14.6 Å². The van der Waals surface area contributed by atoms with Crippen LogP contribution in [0.15, 0.2) is 12.1 Å². The zero-order chi connectivity index (χ0) is 11.4. The zero-order valence-electron chi connectivity index (χ0n) is 8.48. The first-order valence-corrected chi connectivity index (χ1v) is 4.37. The lowest BCUT2D eigenvalue weighted by atomic mass is 10.2. The largest absolute Gasteiger partial charge is 0.504 e. The molecule has 0 aliphatic carbocycles. The van der Waals surface area contributed by atoms with Crippen molar-refractivity contribution in [1.82, 2.24) is 0 Å². The topological polar surface area (TPSA) is 76.0 Å². The Kier molecular flexibility index (Phi) is 3.38. The van der Waals surface area contributed by atoms with Crippen LogP contribution in [0.3, 0.4) is 0 Å². The van der Waals surface area contributed by atoms with E-state index in [1.807, 2.05) is 0 Å². The number of benzene rings is 1. The molecule has 0 heterocycles. The van der Waals surface area contributed by atoms with Gasteiger partial charge < -0.3 is 19.7 Å². The number of carbonyl (C=O) groups is 1. The van der Waals surface area contributed by atoms with Crippen LogP contribution in [-0.4, -0.2) is 29.9 Å². The Morgan fingerprint density at radius 3 is 2.60 bits per heavy atom. The van der Waals surface area contributed by atoms with Crippen molar-refractivity contribution in [3.05, 3.63) is 17.7 Å². The SMILES string of the molecule is CCOc1cc(C(=O)O)cc(O)c1OC. The predicted molar refractivity (Wildman–Crippen MR) is 52.8 cm³/mol. The number of methoxy groups -OCH3 is 1. The van der Waals surface area contributed by atoms with E-state index in [9.17, 15) is 9.90 Å². The van der Waals surface area contributed by atoms with Gasteiger partial charge in [-0.25, -0.2) is 4.79 Å². The van der Waals surface area contributed by atoms with Gasteiger partial charge in [0.2, 0.25) is 5.75 Å². The number of aromatic hydroxyl groups is 1. The molecule has 1 rings (SSSR count). The van der Waals surface area contributed by atoms with Crippen LogP contribution in [0.5, 0.6) is 17.2 Å². The van der Waals surface area contributed by atoms with Crippen LogP contribution in [-0.2, 0) is 0 Å². The molecule has 0 radical (unpaired) electrons. The van der Waals surface area contributed by atoms with Crippen LogP contribution in [0, 0.1) is 0 Å². The minimum Gasteiger partial charge on any atom is -0.504 e. The molecule has 1 aromatic carbocycles. The molecule has 82 valence electrons. The quantitative estimate of drug-likeness (QED) is 0.790. The van der Waals surface area contributed by atoms with Crippen molar-refractivity contribution in [2.45, 2.75) is 6.92 Å². The minimum absolute atomic E-state index is 0.0447. The van der Waals surface area contributed by atoms with Gasteiger partial charge in [0.25, 0.3) is 0 Å². The molecule has 5 heteroatoms. The van der Waals surface area contributed by atoms with Crippen LogP contribution >= 0.6 is 0 Å². The molecular weight excluding hydrogens is 200 g/mol. The Morgan fingerprint density at radius 2 is 2.13 bits per heavy atom. The predicted octanol–water partition coefficient (Wildman–Crippen LogP) is 1.50. The van der Waals surface area contributed by atoms with E-state index in [1.54, 1.807) is 6.92 Å². The Morgan fingerprint density at radius 1 is 1.47 bits per heavy atom. The highest BCUT2D eigenvalue weighted by Gasteiger charge is 2.15. The molecule has 0 unspecified atom stereocenters. The zero-order valence-corrected chi connectivity index (χ0v) is 8.48. The lowest BCUT2D eigenvalue weighted by Crippen LogP contribution is -2.01. The first-order valence-electron chi connectivity index (χ1n) is 4.37. The van der Waals surface area contributed by atoms with Gasteiger partial charge >= 0.3 is 5.97 Å². The number of hydrogen-bond acceptors (Lipinski definition) is 4. The number of ether oxygens (including phenoxy) is 2. The molecule has 1 aromatic rings. The van der Waals surface area contributed by atoms with Crippen molar-refractivity contribution >= 4 is 5.97 Å². The van der Waals surface area contributed by atoms with Gasteiger partial charge in [-0.2, -0.15) is 0 Å². The van der Waals surface area contributed by atoms with Crippen molar-refractivity contribution in [3.8, 4) is 17.2 Å². The second kappa shape index (κ2) is 4.54. The van der Waals surface area contributed by atoms with E-state index >= 15 is 0 Å². The van der Waals surface area contributed by atoms with Crippen LogP contribution in [0.2, 0.25) is 0 Å². The Labute approximate surface area is 86.9 Å². The molecule has 0 bridgehead atoms. The molecule has 0 fully saturated rings. The van der Waals surface area contributed by atoms with Crippen molar-refractivity contribution in [2.24, 2.45) is 0 Å². The van der Waals surface area contributed by atoms with E-state index in [0.717, 1.165) is 6.07 Å². The van der Waals surface area contributed by atoms with Gasteiger partial charge in [-0.1, -0.05) is 0 Å². The van der Waals surface area contributed by atoms with Gasteiger partial charge in [0.05, 0.1) is 19.3 Å². The third-order valence-corrected chi connectivity index (χ3v) is 1.79. The lowest BCUT2D eigenvalue weighted by Gasteiger charge is -2.11. The maximum atomic E-state index is 10.7. The fourth-order valence-corrected chi connectivity index (χ4v) is 1.18. The van der Waals surface area contributed by atoms with Gasteiger partial charge in [0.15, 0.2) is 11.5 Å². The maximum absolute atomic E-state index is 10.7. The van der Waals surface area contributed by atoms with Gasteiger partial charge in [0.1, 0.15) is 0 Å². The average Bonchev–Trinajstić information content (AvgIpc) is 2.17. The number of hydrogen-bond donors (Lipinski definition) is 2. The molecule has 2 N–H and O–H groups in total. The fraction of sp³-hybridized carbons (Fsp3) is 0.300. The van der Waals surface area contributed by atoms with E-state index in [-0.39, 0.29) is 22.8 Å². The number of carboxylic acids is 1. The summed E-state index contributed by atoms with van der Waals surface area (Å²) in [7, 11) is 1.37. The van der Waals surface area contributed by atoms with Crippen molar-refractivity contribution in [1.29, 1.82) is 0 Å². The van der Waals surface area contributed by atoms with Gasteiger partial charge in [-0.05, 0) is 19.1 Å². The summed E-state index contributed by atoms with van der Waals surface area (Å²) in [5, 5.41) is 18.2. The second-order valence-electron chi connectivity index (χ2n) is 2.76. The molecule has 0 spiro atoms. The third-order valence-electron chi connectivity index (χ3n) is 1.79. The molecule has 5 nitrogen and oxygen atoms in total. The molecule has 0 atom stereocenters.